The molecule has 154 valence electrons. The van der Waals surface area contributed by atoms with Crippen molar-refractivity contribution < 1.29 is 18.0 Å². The molecule has 0 spiro atoms. The molecule has 1 unspecified atom stereocenters. The van der Waals surface area contributed by atoms with Crippen LogP contribution in [0.2, 0.25) is 5.02 Å². The number of aryl methyl sites for hydroxylation is 1. The summed E-state index contributed by atoms with van der Waals surface area (Å²) in [6, 6.07) is 4.62. The highest BCUT2D eigenvalue weighted by Crippen LogP contribution is 2.34. The fraction of sp³-hybridized carbons (Fsp3) is 0.316. The van der Waals surface area contributed by atoms with Crippen LogP contribution < -0.4 is 10.9 Å². The first-order chi connectivity index (χ1) is 13.5. The summed E-state index contributed by atoms with van der Waals surface area (Å²) in [5.74, 6) is -0.991. The molecule has 3 aromatic rings. The molecule has 0 bridgehead atoms. The molecule has 29 heavy (non-hydrogen) atoms. The van der Waals surface area contributed by atoms with Crippen molar-refractivity contribution in [2.75, 3.05) is 0 Å². The minimum atomic E-state index is -4.94. The molecule has 2 N–H and O–H groups in total. The van der Waals surface area contributed by atoms with E-state index in [0.29, 0.717) is 17.0 Å². The number of benzene rings is 1. The van der Waals surface area contributed by atoms with Gasteiger partial charge in [0, 0.05) is 16.6 Å². The quantitative estimate of drug-likeness (QED) is 0.656. The van der Waals surface area contributed by atoms with E-state index in [2.05, 4.69) is 15.4 Å². The molecule has 6 nitrogen and oxygen atoms in total. The van der Waals surface area contributed by atoms with E-state index < -0.39 is 34.4 Å². The van der Waals surface area contributed by atoms with Crippen LogP contribution in [0.15, 0.2) is 29.2 Å². The van der Waals surface area contributed by atoms with Gasteiger partial charge in [0.1, 0.15) is 11.1 Å². The number of halogens is 4. The summed E-state index contributed by atoms with van der Waals surface area (Å²) in [7, 11) is 0. The third kappa shape index (κ3) is 4.00. The number of carbonyl (C=O) groups excluding carboxylic acids is 1. The fourth-order valence-electron chi connectivity index (χ4n) is 2.81. The Morgan fingerprint density at radius 2 is 2.07 bits per heavy atom. The van der Waals surface area contributed by atoms with Crippen LogP contribution in [0.5, 0.6) is 0 Å². The summed E-state index contributed by atoms with van der Waals surface area (Å²) in [6.07, 6.45) is -3.18. The Hall–Kier alpha value is -2.81. The number of hydrogen-bond acceptors (Lipinski definition) is 3. The highest BCUT2D eigenvalue weighted by molar-refractivity contribution is 6.31. The Morgan fingerprint density at radius 3 is 2.66 bits per heavy atom. The van der Waals surface area contributed by atoms with Crippen molar-refractivity contribution >= 4 is 23.0 Å². The zero-order chi connectivity index (χ0) is 21.5. The maximum Gasteiger partial charge on any atom is 0.421 e. The van der Waals surface area contributed by atoms with E-state index in [1.807, 2.05) is 0 Å². The first kappa shape index (κ1) is 20.9. The van der Waals surface area contributed by atoms with Crippen LogP contribution in [0.3, 0.4) is 0 Å². The van der Waals surface area contributed by atoms with Crippen LogP contribution >= 0.6 is 11.6 Å². The zero-order valence-corrected chi connectivity index (χ0v) is 16.6. The van der Waals surface area contributed by atoms with Gasteiger partial charge in [-0.15, -0.1) is 0 Å². The molecule has 2 heterocycles. The van der Waals surface area contributed by atoms with Crippen LogP contribution in [0.25, 0.3) is 16.8 Å². The van der Waals surface area contributed by atoms with Crippen molar-refractivity contribution in [2.24, 2.45) is 0 Å². The topological polar surface area (TPSA) is 79.3 Å². The number of H-pyrrole nitrogens is 1. The van der Waals surface area contributed by atoms with Crippen molar-refractivity contribution in [1.82, 2.24) is 19.9 Å². The van der Waals surface area contributed by atoms with Gasteiger partial charge in [0.2, 0.25) is 0 Å². The van der Waals surface area contributed by atoms with E-state index in [0.717, 1.165) is 10.1 Å². The molecular weight excluding hydrogens is 409 g/mol. The monoisotopic (exact) mass is 426 g/mol. The number of aromatic amines is 1. The molecule has 1 aromatic carbocycles. The molecule has 1 atom stereocenters. The molecule has 3 rings (SSSR count). The average Bonchev–Trinajstić information content (AvgIpc) is 3.04. The van der Waals surface area contributed by atoms with Crippen LogP contribution in [0, 0.1) is 6.92 Å². The van der Waals surface area contributed by atoms with Gasteiger partial charge in [0.25, 0.3) is 11.5 Å². The molecule has 0 aliphatic heterocycles. The van der Waals surface area contributed by atoms with Crippen LogP contribution in [-0.4, -0.2) is 26.5 Å². The third-order valence-electron chi connectivity index (χ3n) is 4.60. The Balaban J connectivity index is 2.23. The SMILES string of the molecule is CCC(C)NC(=O)c1nn2cc(-c3ccc(C)c(Cl)c3)[nH]c(=O)c2c1C(F)(F)F. The van der Waals surface area contributed by atoms with Crippen molar-refractivity contribution in [2.45, 2.75) is 39.4 Å². The van der Waals surface area contributed by atoms with Gasteiger partial charge in [-0.2, -0.15) is 18.3 Å². The van der Waals surface area contributed by atoms with E-state index in [1.165, 1.54) is 6.20 Å². The van der Waals surface area contributed by atoms with Gasteiger partial charge in [-0.1, -0.05) is 30.7 Å². The number of carbonyl (C=O) groups is 1. The summed E-state index contributed by atoms with van der Waals surface area (Å²) in [4.78, 5) is 27.3. The highest BCUT2D eigenvalue weighted by Gasteiger charge is 2.41. The number of alkyl halides is 3. The number of rotatable bonds is 4. The second-order valence-corrected chi connectivity index (χ2v) is 7.17. The predicted octanol–water partition coefficient (Wildman–Crippen LogP) is 4.20. The second kappa shape index (κ2) is 7.55. The fourth-order valence-corrected chi connectivity index (χ4v) is 2.99. The molecular formula is C19H18ClF3N4O2. The Kier molecular flexibility index (Phi) is 5.44. The minimum Gasteiger partial charge on any atom is -0.348 e. The zero-order valence-electron chi connectivity index (χ0n) is 15.8. The molecule has 2 aromatic heterocycles. The largest absolute Gasteiger partial charge is 0.421 e. The van der Waals surface area contributed by atoms with Crippen molar-refractivity contribution in [1.29, 1.82) is 0 Å². The molecule has 0 aliphatic rings. The standard InChI is InChI=1S/C19H18ClF3N4O2/c1-4-10(3)24-17(28)15-14(19(21,22)23)16-18(29)25-13(8-27(16)26-15)11-6-5-9(2)12(20)7-11/h5-8,10H,4H2,1-3H3,(H,24,28)(H,25,29). The summed E-state index contributed by atoms with van der Waals surface area (Å²) < 4.78 is 41.9. The summed E-state index contributed by atoms with van der Waals surface area (Å²) >= 11 is 6.10. The van der Waals surface area contributed by atoms with E-state index in [-0.39, 0.29) is 11.7 Å². The molecule has 0 saturated heterocycles. The van der Waals surface area contributed by atoms with Crippen LogP contribution in [0.4, 0.5) is 13.2 Å². The number of amides is 1. The van der Waals surface area contributed by atoms with Crippen molar-refractivity contribution in [3.05, 3.63) is 56.6 Å². The van der Waals surface area contributed by atoms with E-state index in [9.17, 15) is 22.8 Å². The second-order valence-electron chi connectivity index (χ2n) is 6.76. The van der Waals surface area contributed by atoms with Gasteiger partial charge in [0.15, 0.2) is 5.69 Å². The maximum absolute atomic E-state index is 13.7. The third-order valence-corrected chi connectivity index (χ3v) is 5.00. The predicted molar refractivity (Wildman–Crippen MR) is 103 cm³/mol. The highest BCUT2D eigenvalue weighted by atomic mass is 35.5. The summed E-state index contributed by atoms with van der Waals surface area (Å²) in [5.41, 5.74) is -2.45. The lowest BCUT2D eigenvalue weighted by Crippen LogP contribution is -2.33. The number of hydrogen-bond donors (Lipinski definition) is 2. The Morgan fingerprint density at radius 1 is 1.38 bits per heavy atom. The van der Waals surface area contributed by atoms with Crippen molar-refractivity contribution in [3.8, 4) is 11.3 Å². The van der Waals surface area contributed by atoms with Crippen LogP contribution in [-0.2, 0) is 6.18 Å². The van der Waals surface area contributed by atoms with Gasteiger partial charge in [-0.25, -0.2) is 4.52 Å². The van der Waals surface area contributed by atoms with Crippen LogP contribution in [0.1, 0.15) is 41.9 Å². The first-order valence-electron chi connectivity index (χ1n) is 8.83. The first-order valence-corrected chi connectivity index (χ1v) is 9.21. The lowest BCUT2D eigenvalue weighted by molar-refractivity contribution is -0.136. The van der Waals surface area contributed by atoms with E-state index in [4.69, 9.17) is 11.6 Å². The summed E-state index contributed by atoms with van der Waals surface area (Å²) in [5, 5.41) is 6.68. The van der Waals surface area contributed by atoms with Gasteiger partial charge < -0.3 is 10.3 Å². The summed E-state index contributed by atoms with van der Waals surface area (Å²) in [6.45, 7) is 5.24. The molecule has 0 saturated carbocycles. The lowest BCUT2D eigenvalue weighted by Gasteiger charge is -2.11. The molecule has 0 aliphatic carbocycles. The number of fused-ring (bicyclic) bond motifs is 1. The average molecular weight is 427 g/mol. The molecule has 0 radical (unpaired) electrons. The number of nitrogens with one attached hydrogen (secondary N) is 2. The molecule has 1 amide bonds. The van der Waals surface area contributed by atoms with Gasteiger partial charge in [0.05, 0.1) is 11.9 Å². The van der Waals surface area contributed by atoms with Crippen molar-refractivity contribution in [3.63, 3.8) is 0 Å². The number of nitrogens with zero attached hydrogens (tertiary/aromatic N) is 2. The van der Waals surface area contributed by atoms with Gasteiger partial charge in [-0.05, 0) is 31.9 Å². The maximum atomic E-state index is 13.7. The normalized spacial score (nSPS) is 12.9. The molecule has 0 fully saturated rings. The minimum absolute atomic E-state index is 0.217. The lowest BCUT2D eigenvalue weighted by atomic mass is 10.1. The van der Waals surface area contributed by atoms with E-state index in [1.54, 1.807) is 39.0 Å². The van der Waals surface area contributed by atoms with Gasteiger partial charge in [-0.3, -0.25) is 9.59 Å². The Bertz CT molecular complexity index is 1150. The van der Waals surface area contributed by atoms with E-state index >= 15 is 0 Å². The number of aromatic nitrogens is 3. The molecule has 10 heteroatoms. The smallest absolute Gasteiger partial charge is 0.348 e. The van der Waals surface area contributed by atoms with Gasteiger partial charge >= 0.3 is 6.18 Å². The Labute approximate surface area is 168 Å².